The summed E-state index contributed by atoms with van der Waals surface area (Å²) < 4.78 is 9.16. The van der Waals surface area contributed by atoms with Gasteiger partial charge in [0, 0.05) is 51.2 Å². The van der Waals surface area contributed by atoms with Gasteiger partial charge in [0.2, 0.25) is 0 Å². The minimum Gasteiger partial charge on any atom is -0.481 e. The molecule has 4 aromatic heterocycles. The van der Waals surface area contributed by atoms with Gasteiger partial charge < -0.3 is 14.7 Å². The minimum atomic E-state index is -0.747. The van der Waals surface area contributed by atoms with Gasteiger partial charge in [0.15, 0.2) is 5.82 Å². The molecular weight excluding hydrogens is 462 g/mol. The van der Waals surface area contributed by atoms with Gasteiger partial charge in [-0.15, -0.1) is 5.10 Å². The van der Waals surface area contributed by atoms with Gasteiger partial charge in [0.1, 0.15) is 18.0 Å². The number of carboxylic acid groups (broad SMARTS) is 1. The summed E-state index contributed by atoms with van der Waals surface area (Å²) in [7, 11) is 1.80. The molecule has 0 saturated carbocycles. The van der Waals surface area contributed by atoms with Crippen molar-refractivity contribution in [1.82, 2.24) is 39.7 Å². The summed E-state index contributed by atoms with van der Waals surface area (Å²) in [5.41, 5.74) is 3.92. The van der Waals surface area contributed by atoms with Crippen LogP contribution in [0.1, 0.15) is 30.7 Å². The van der Waals surface area contributed by atoms with Crippen LogP contribution >= 0.6 is 0 Å². The fraction of sp³-hybridized carbons (Fsp3) is 0.375. The van der Waals surface area contributed by atoms with E-state index >= 15 is 0 Å². The molecule has 5 heterocycles. The summed E-state index contributed by atoms with van der Waals surface area (Å²) in [6, 6.07) is 7.73. The summed E-state index contributed by atoms with van der Waals surface area (Å²) in [6.07, 6.45) is 7.18. The van der Waals surface area contributed by atoms with Crippen LogP contribution in [0.3, 0.4) is 0 Å². The number of ether oxygens (including phenoxy) is 1. The molecule has 36 heavy (non-hydrogen) atoms. The van der Waals surface area contributed by atoms with Gasteiger partial charge in [-0.05, 0) is 43.9 Å². The smallest absolute Gasteiger partial charge is 0.318 e. The first kappa shape index (κ1) is 23.4. The van der Waals surface area contributed by atoms with Crippen molar-refractivity contribution in [2.75, 3.05) is 18.0 Å². The molecule has 1 fully saturated rings. The Morgan fingerprint density at radius 3 is 2.89 bits per heavy atom. The third-order valence-corrected chi connectivity index (χ3v) is 6.26. The molecule has 0 aromatic carbocycles. The molecule has 1 aliphatic heterocycles. The molecule has 0 spiro atoms. The fourth-order valence-electron chi connectivity index (χ4n) is 4.52. The Morgan fingerprint density at radius 2 is 2.11 bits per heavy atom. The number of carboxylic acids is 1. The molecule has 5 rings (SSSR count). The zero-order valence-corrected chi connectivity index (χ0v) is 20.2. The lowest BCUT2D eigenvalue weighted by atomic mass is 9.94. The van der Waals surface area contributed by atoms with Crippen LogP contribution in [0.15, 0.2) is 42.9 Å². The van der Waals surface area contributed by atoms with Gasteiger partial charge >= 0.3 is 12.0 Å². The number of aromatic nitrogens is 8. The number of piperidine rings is 1. The van der Waals surface area contributed by atoms with Crippen LogP contribution in [0.4, 0.5) is 5.69 Å². The average Bonchev–Trinajstić information content (AvgIpc) is 3.53. The lowest BCUT2D eigenvalue weighted by Gasteiger charge is -2.34. The number of anilines is 1. The Labute approximate surface area is 207 Å². The second-order valence-electron chi connectivity index (χ2n) is 8.80. The molecule has 0 aliphatic carbocycles. The Balaban J connectivity index is 1.33. The first-order valence-electron chi connectivity index (χ1n) is 11.8. The summed E-state index contributed by atoms with van der Waals surface area (Å²) in [6.45, 7) is 3.73. The van der Waals surface area contributed by atoms with Crippen LogP contribution in [0, 0.1) is 12.8 Å². The lowest BCUT2D eigenvalue weighted by molar-refractivity contribution is -0.138. The molecule has 0 bridgehead atoms. The largest absolute Gasteiger partial charge is 0.481 e. The quantitative estimate of drug-likeness (QED) is 0.393. The van der Waals surface area contributed by atoms with Crippen molar-refractivity contribution < 1.29 is 14.6 Å². The van der Waals surface area contributed by atoms with E-state index in [1.807, 2.05) is 25.1 Å². The summed E-state index contributed by atoms with van der Waals surface area (Å²) in [5, 5.41) is 21.8. The van der Waals surface area contributed by atoms with Crippen LogP contribution < -0.4 is 9.64 Å². The van der Waals surface area contributed by atoms with E-state index < -0.39 is 5.97 Å². The van der Waals surface area contributed by atoms with Crippen molar-refractivity contribution in [1.29, 1.82) is 0 Å². The van der Waals surface area contributed by atoms with E-state index in [1.165, 1.54) is 0 Å². The van der Waals surface area contributed by atoms with Crippen LogP contribution in [0.25, 0.3) is 17.2 Å². The molecule has 1 N–H and O–H groups in total. The second-order valence-corrected chi connectivity index (χ2v) is 8.80. The zero-order chi connectivity index (χ0) is 25.1. The summed E-state index contributed by atoms with van der Waals surface area (Å²) in [5.74, 6) is 0.000540. The lowest BCUT2D eigenvalue weighted by Crippen LogP contribution is -2.36. The Kier molecular flexibility index (Phi) is 6.56. The molecule has 4 aromatic rings. The van der Waals surface area contributed by atoms with E-state index in [4.69, 9.17) is 9.72 Å². The highest BCUT2D eigenvalue weighted by molar-refractivity contribution is 5.67. The highest BCUT2D eigenvalue weighted by Gasteiger charge is 2.24. The van der Waals surface area contributed by atoms with E-state index in [-0.39, 0.29) is 25.0 Å². The summed E-state index contributed by atoms with van der Waals surface area (Å²) >= 11 is 0. The van der Waals surface area contributed by atoms with E-state index in [0.717, 1.165) is 43.0 Å². The van der Waals surface area contributed by atoms with E-state index in [2.05, 4.69) is 30.3 Å². The second kappa shape index (κ2) is 10.1. The van der Waals surface area contributed by atoms with Crippen molar-refractivity contribution in [2.24, 2.45) is 13.0 Å². The standard InChI is InChI=1S/C24H27N9O3/c1-16-19(32-11-3-5-17(14-32)13-22(34)35)7-6-18(27-16)23-20(31(2)30-29-23)15-36-24-25-10-8-21(28-24)33-12-4-9-26-33/h4,6-10,12,17H,3,5,11,13-15H2,1-2H3,(H,34,35). The van der Waals surface area contributed by atoms with E-state index in [0.29, 0.717) is 17.2 Å². The highest BCUT2D eigenvalue weighted by Crippen LogP contribution is 2.29. The Morgan fingerprint density at radius 1 is 1.22 bits per heavy atom. The van der Waals surface area contributed by atoms with Crippen LogP contribution in [-0.2, 0) is 18.4 Å². The first-order chi connectivity index (χ1) is 17.5. The number of hydrogen-bond acceptors (Lipinski definition) is 9. The molecule has 0 amide bonds. The molecule has 0 radical (unpaired) electrons. The van der Waals surface area contributed by atoms with Gasteiger partial charge in [-0.25, -0.2) is 19.3 Å². The van der Waals surface area contributed by atoms with Gasteiger partial charge in [-0.2, -0.15) is 10.1 Å². The van der Waals surface area contributed by atoms with Gasteiger partial charge in [-0.1, -0.05) is 5.21 Å². The van der Waals surface area contributed by atoms with Gasteiger partial charge in [-0.3, -0.25) is 4.79 Å². The number of nitrogens with zero attached hydrogens (tertiary/aromatic N) is 9. The number of carbonyl (C=O) groups is 1. The van der Waals surface area contributed by atoms with Crippen LogP contribution in [-0.4, -0.2) is 63.9 Å². The van der Waals surface area contributed by atoms with Crippen molar-refractivity contribution in [3.05, 3.63) is 54.2 Å². The predicted octanol–water partition coefficient (Wildman–Crippen LogP) is 2.43. The number of pyridine rings is 1. The fourth-order valence-corrected chi connectivity index (χ4v) is 4.52. The van der Waals surface area contributed by atoms with Crippen LogP contribution in [0.5, 0.6) is 6.01 Å². The van der Waals surface area contributed by atoms with E-state index in [9.17, 15) is 9.90 Å². The molecular formula is C24H27N9O3. The number of hydrogen-bond donors (Lipinski definition) is 1. The molecule has 1 saturated heterocycles. The van der Waals surface area contributed by atoms with Gasteiger partial charge in [0.05, 0.1) is 17.1 Å². The number of aliphatic carboxylic acids is 1. The SMILES string of the molecule is Cc1nc(-c2nnn(C)c2COc2nccc(-n3cccn3)n2)ccc1N1CCCC(CC(=O)O)C1. The van der Waals surface area contributed by atoms with E-state index in [1.54, 1.807) is 41.1 Å². The Bertz CT molecular complexity index is 1350. The van der Waals surface area contributed by atoms with Crippen molar-refractivity contribution >= 4 is 11.7 Å². The summed E-state index contributed by atoms with van der Waals surface area (Å²) in [4.78, 5) is 26.8. The number of rotatable bonds is 8. The van der Waals surface area contributed by atoms with Crippen molar-refractivity contribution in [3.63, 3.8) is 0 Å². The third kappa shape index (κ3) is 5.02. The third-order valence-electron chi connectivity index (χ3n) is 6.26. The highest BCUT2D eigenvalue weighted by atomic mass is 16.5. The minimum absolute atomic E-state index is 0.146. The average molecular weight is 490 g/mol. The maximum absolute atomic E-state index is 11.2. The molecule has 1 atom stereocenters. The maximum Gasteiger partial charge on any atom is 0.318 e. The van der Waals surface area contributed by atoms with Gasteiger partial charge in [0.25, 0.3) is 0 Å². The zero-order valence-electron chi connectivity index (χ0n) is 20.2. The number of aryl methyl sites for hydroxylation is 2. The van der Waals surface area contributed by atoms with Crippen molar-refractivity contribution in [3.8, 4) is 23.2 Å². The Hall–Kier alpha value is -4.35. The monoisotopic (exact) mass is 489 g/mol. The predicted molar refractivity (Wildman–Crippen MR) is 130 cm³/mol. The topological polar surface area (TPSA) is 137 Å². The first-order valence-corrected chi connectivity index (χ1v) is 11.8. The van der Waals surface area contributed by atoms with Crippen LogP contribution in [0.2, 0.25) is 0 Å². The molecule has 12 heteroatoms. The van der Waals surface area contributed by atoms with Crippen molar-refractivity contribution in [2.45, 2.75) is 32.8 Å². The molecule has 1 unspecified atom stereocenters. The molecule has 12 nitrogen and oxygen atoms in total. The molecule has 186 valence electrons. The molecule has 1 aliphatic rings. The normalized spacial score (nSPS) is 15.7. The maximum atomic E-state index is 11.2.